The zero-order chi connectivity index (χ0) is 74.4. The van der Waals surface area contributed by atoms with Gasteiger partial charge in [0.25, 0.3) is 11.8 Å². The predicted molar refractivity (Wildman–Crippen MR) is 364 cm³/mol. The topological polar surface area (TPSA) is 536 Å². The highest BCUT2D eigenvalue weighted by Crippen LogP contribution is 2.22. The number of halogens is 1. The van der Waals surface area contributed by atoms with Crippen LogP contribution in [0.1, 0.15) is 107 Å². The molecule has 5 atom stereocenters. The van der Waals surface area contributed by atoms with Crippen LogP contribution in [0.3, 0.4) is 0 Å². The maximum absolute atomic E-state index is 14.8. The van der Waals surface area contributed by atoms with E-state index in [0.717, 1.165) is 4.90 Å². The molecule has 36 heteroatoms. The first-order chi connectivity index (χ1) is 47.3. The molecule has 0 aliphatic carbocycles. The molecule has 1 aliphatic rings. The molecule has 0 radical (unpaired) electrons. The molecule has 7 amide bonds. The Morgan fingerprint density at radius 3 is 1.61 bits per heavy atom. The Bertz CT molecular complexity index is 3180. The zero-order valence-electron chi connectivity index (χ0n) is 55.5. The van der Waals surface area contributed by atoms with Gasteiger partial charge < -0.3 is 77.9 Å². The number of aromatic hydroxyl groups is 1. The summed E-state index contributed by atoms with van der Waals surface area (Å²) in [6.45, 7) is -1.00. The van der Waals surface area contributed by atoms with E-state index in [-0.39, 0.29) is 135 Å². The second-order valence-corrected chi connectivity index (χ2v) is 25.0. The Morgan fingerprint density at radius 2 is 1.08 bits per heavy atom. The molecule has 35 nitrogen and oxygen atoms in total. The fourth-order valence-corrected chi connectivity index (χ4v) is 11.1. The summed E-state index contributed by atoms with van der Waals surface area (Å²) in [6, 6.07) is 4.81. The quantitative estimate of drug-likeness (QED) is 0.0240. The van der Waals surface area contributed by atoms with Gasteiger partial charge in [0.1, 0.15) is 41.3 Å². The molecular formula is C64H91IN12O23. The molecule has 15 N–H and O–H groups in total. The van der Waals surface area contributed by atoms with Crippen LogP contribution < -0.4 is 27.0 Å². The van der Waals surface area contributed by atoms with Crippen molar-refractivity contribution in [3.8, 4) is 5.75 Å². The van der Waals surface area contributed by atoms with Crippen LogP contribution in [-0.2, 0) is 75.2 Å². The normalized spacial score (nSPS) is 15.4. The number of carbonyl (C=O) groups excluding carboxylic acids is 6. The molecule has 3 rings (SSSR count). The molecule has 2 aromatic carbocycles. The van der Waals surface area contributed by atoms with Crippen molar-refractivity contribution in [2.45, 2.75) is 139 Å². The van der Waals surface area contributed by atoms with Crippen molar-refractivity contribution in [2.24, 2.45) is 15.7 Å². The summed E-state index contributed by atoms with van der Waals surface area (Å²) in [5.41, 5.74) is 6.05. The molecule has 1 aliphatic heterocycles. The number of nitrogens with one attached hydrogen (secondary N) is 4. The number of aliphatic imine (C=N–C) groups is 2. The lowest BCUT2D eigenvalue weighted by atomic mass is 10.0. The fraction of sp³-hybridized carbons (Fsp3) is 0.562. The molecule has 2 aromatic rings. The largest absolute Gasteiger partial charge is 0.507 e. The maximum atomic E-state index is 14.8. The van der Waals surface area contributed by atoms with Gasteiger partial charge in [0, 0.05) is 105 Å². The van der Waals surface area contributed by atoms with Crippen LogP contribution in [-0.4, -0.2) is 288 Å². The molecule has 552 valence electrons. The van der Waals surface area contributed by atoms with Crippen molar-refractivity contribution in [2.75, 3.05) is 92.1 Å². The van der Waals surface area contributed by atoms with E-state index >= 15 is 0 Å². The van der Waals surface area contributed by atoms with Crippen LogP contribution >= 0.6 is 22.6 Å². The molecule has 1 unspecified atom stereocenters. The van der Waals surface area contributed by atoms with Crippen LogP contribution in [0, 0.1) is 3.57 Å². The fourth-order valence-electron chi connectivity index (χ4n) is 10.5. The lowest BCUT2D eigenvalue weighted by Crippen LogP contribution is -2.51. The SMILES string of the molecule is CN(C(=O)/C(Cc1ccc(O)c(I)c1)=N/C(=O)CCC(C(=O)O)N1CCN(CC(=O)O)CCN(CC(=O)O)CCN(CC(=O)O)CC1)[C@H](Cc1ccccc1)C(=O)/N=C(/CCCCNC(=O)[C@@H](N)CCCCCC(=O)NCCCC[C@H](NC(=O)N[C@@H](CCC(=O)O)C(=O)O)C(=O)O)C(=O)O. The second-order valence-electron chi connectivity index (χ2n) is 23.8. The van der Waals surface area contributed by atoms with Crippen LogP contribution in [0.2, 0.25) is 0 Å². The first kappa shape index (κ1) is 85.1. The number of benzene rings is 2. The Hall–Kier alpha value is -9.11. The number of carboxylic acid groups (broad SMARTS) is 8. The van der Waals surface area contributed by atoms with Crippen molar-refractivity contribution in [3.63, 3.8) is 0 Å². The lowest BCUT2D eigenvalue weighted by molar-refractivity contribution is -0.145. The van der Waals surface area contributed by atoms with Gasteiger partial charge in [0.05, 0.1) is 29.2 Å². The summed E-state index contributed by atoms with van der Waals surface area (Å²) in [6.07, 6.45) is 0.0808. The highest BCUT2D eigenvalue weighted by atomic mass is 127. The van der Waals surface area contributed by atoms with E-state index in [9.17, 15) is 108 Å². The number of aliphatic carboxylic acids is 8. The van der Waals surface area contributed by atoms with Gasteiger partial charge >= 0.3 is 53.8 Å². The maximum Gasteiger partial charge on any atom is 0.350 e. The minimum absolute atomic E-state index is 0.0249. The van der Waals surface area contributed by atoms with Crippen molar-refractivity contribution in [1.82, 2.24) is 45.8 Å². The van der Waals surface area contributed by atoms with E-state index in [1.165, 1.54) is 39.9 Å². The predicted octanol–water partition coefficient (Wildman–Crippen LogP) is 0.259. The number of nitrogens with zero attached hydrogens (tertiary/aromatic N) is 7. The number of rotatable bonds is 43. The number of phenolic OH excluding ortho intramolecular Hbond substituents is 1. The molecule has 0 saturated carbocycles. The van der Waals surface area contributed by atoms with Crippen molar-refractivity contribution in [1.29, 1.82) is 0 Å². The standard InChI is InChI=1S/C64H91IN12O23/c1-73(59(91)47(35-41-18-21-50(78)42(65)34-41)69-52(80)22-20-48(63(98)99)77-32-30-75(38-55(85)86)28-26-74(37-54(83)84)27-29-76(31-33-77)39-56(87)88)49(36-40-12-4-2-5-13-40)58(90)70-44(60(92)93)15-9-11-25-68-57(89)43(66)14-6-3-7-17-51(79)67-24-10-8-16-45(61(94)95)71-64(100)72-46(62(96)97)19-23-53(81)82/h2,4-5,12-13,18,21,34,43,45-46,48-49,78H,3,6-11,14-17,19-20,22-33,35-39,66H2,1H3,(H,67,79)(H,68,89)(H,81,82)(H,83,84)(H,85,86)(H,87,88)(H,92,93)(H,94,95)(H,96,97)(H,98,99)(H2,71,72,100)/b69-47+,70-44-/t43-,45-,46-,48?,49+/m0/s1. The summed E-state index contributed by atoms with van der Waals surface area (Å²) < 4.78 is 0.365. The van der Waals surface area contributed by atoms with E-state index in [2.05, 4.69) is 25.9 Å². The summed E-state index contributed by atoms with van der Waals surface area (Å²) in [5, 5.41) is 97.3. The van der Waals surface area contributed by atoms with E-state index in [0.29, 0.717) is 40.4 Å². The van der Waals surface area contributed by atoms with Gasteiger partial charge in [-0.3, -0.25) is 67.5 Å². The molecule has 0 bridgehead atoms. The van der Waals surface area contributed by atoms with Gasteiger partial charge in [0.15, 0.2) is 0 Å². The Kier molecular flexibility index (Phi) is 38.8. The molecule has 1 saturated heterocycles. The van der Waals surface area contributed by atoms with Crippen molar-refractivity contribution >= 4 is 117 Å². The molecular weight excluding hydrogens is 1430 g/mol. The number of hydrogen-bond acceptors (Lipinski definition) is 20. The molecule has 0 spiro atoms. The number of phenols is 1. The number of hydrogen-bond donors (Lipinski definition) is 14. The van der Waals surface area contributed by atoms with Crippen molar-refractivity contribution < 1.29 is 113 Å². The number of nitrogens with two attached hydrogens (primary N) is 1. The average Bonchev–Trinajstić information content (AvgIpc) is 0.826. The molecule has 0 aromatic heterocycles. The third-order valence-corrected chi connectivity index (χ3v) is 16.9. The van der Waals surface area contributed by atoms with Gasteiger partial charge in [-0.1, -0.05) is 49.2 Å². The van der Waals surface area contributed by atoms with E-state index in [1.54, 1.807) is 35.2 Å². The summed E-state index contributed by atoms with van der Waals surface area (Å²) >= 11 is 1.85. The van der Waals surface area contributed by atoms with Crippen LogP contribution in [0.15, 0.2) is 58.5 Å². The number of carboxylic acids is 8. The number of unbranched alkanes of at least 4 members (excludes halogenated alkanes) is 4. The van der Waals surface area contributed by atoms with E-state index < -0.39 is 164 Å². The monoisotopic (exact) mass is 1520 g/mol. The van der Waals surface area contributed by atoms with E-state index in [1.807, 2.05) is 27.9 Å². The van der Waals surface area contributed by atoms with Crippen LogP contribution in [0.5, 0.6) is 5.75 Å². The average molecular weight is 1520 g/mol. The molecule has 1 heterocycles. The minimum atomic E-state index is -1.55. The first-order valence-electron chi connectivity index (χ1n) is 32.4. The third kappa shape index (κ3) is 34.1. The number of carbonyl (C=O) groups is 14. The van der Waals surface area contributed by atoms with Crippen LogP contribution in [0.25, 0.3) is 0 Å². The minimum Gasteiger partial charge on any atom is -0.507 e. The van der Waals surface area contributed by atoms with Gasteiger partial charge in [-0.15, -0.1) is 0 Å². The lowest BCUT2D eigenvalue weighted by Gasteiger charge is -2.35. The highest BCUT2D eigenvalue weighted by Gasteiger charge is 2.34. The Balaban J connectivity index is 1.67. The van der Waals surface area contributed by atoms with Gasteiger partial charge in [-0.2, -0.15) is 0 Å². The second kappa shape index (κ2) is 45.5. The number of likely N-dealkylation sites (N-methyl/N-ethyl adjacent to an activating group) is 1. The van der Waals surface area contributed by atoms with Crippen molar-refractivity contribution in [3.05, 3.63) is 63.2 Å². The number of urea groups is 1. The Labute approximate surface area is 589 Å². The van der Waals surface area contributed by atoms with Crippen LogP contribution in [0.4, 0.5) is 4.79 Å². The van der Waals surface area contributed by atoms with Gasteiger partial charge in [0.2, 0.25) is 17.7 Å². The summed E-state index contributed by atoms with van der Waals surface area (Å²) in [4.78, 5) is 191. The van der Waals surface area contributed by atoms with Gasteiger partial charge in [-0.25, -0.2) is 29.2 Å². The first-order valence-corrected chi connectivity index (χ1v) is 33.5. The molecule has 1 fully saturated rings. The highest BCUT2D eigenvalue weighted by molar-refractivity contribution is 14.1. The Morgan fingerprint density at radius 1 is 0.550 bits per heavy atom. The summed E-state index contributed by atoms with van der Waals surface area (Å²) in [5.74, 6) is -14.5. The molecule has 100 heavy (non-hydrogen) atoms. The summed E-state index contributed by atoms with van der Waals surface area (Å²) in [7, 11) is 1.24. The zero-order valence-corrected chi connectivity index (χ0v) is 57.7. The smallest absolute Gasteiger partial charge is 0.350 e. The van der Waals surface area contributed by atoms with E-state index in [4.69, 9.17) is 10.8 Å². The van der Waals surface area contributed by atoms with Gasteiger partial charge in [-0.05, 0) is 110 Å². The third-order valence-electron chi connectivity index (χ3n) is 16.0. The number of amides is 7.